The Morgan fingerprint density at radius 2 is 2.24 bits per heavy atom. The second-order valence-corrected chi connectivity index (χ2v) is 5.77. The van der Waals surface area contributed by atoms with Crippen LogP contribution in [0.4, 0.5) is 0 Å². The second-order valence-electron chi connectivity index (χ2n) is 5.77. The molecule has 0 radical (unpaired) electrons. The van der Waals surface area contributed by atoms with Crippen molar-refractivity contribution in [2.75, 3.05) is 6.54 Å². The van der Waals surface area contributed by atoms with Crippen LogP contribution >= 0.6 is 0 Å². The predicted octanol–water partition coefficient (Wildman–Crippen LogP) is 2.55. The summed E-state index contributed by atoms with van der Waals surface area (Å²) < 4.78 is 0. The fourth-order valence-corrected chi connectivity index (χ4v) is 3.17. The third kappa shape index (κ3) is 3.86. The van der Waals surface area contributed by atoms with Gasteiger partial charge < -0.3 is 11.1 Å². The van der Waals surface area contributed by atoms with E-state index in [0.29, 0.717) is 24.1 Å². The second kappa shape index (κ2) is 7.28. The fraction of sp³-hybridized carbons (Fsp3) is 0.500. The van der Waals surface area contributed by atoms with Crippen LogP contribution in [0, 0.1) is 23.7 Å². The van der Waals surface area contributed by atoms with Gasteiger partial charge in [0.15, 0.2) is 0 Å². The molecule has 21 heavy (non-hydrogen) atoms. The number of nitrogens with two attached hydrogens (primary N) is 1. The quantitative estimate of drug-likeness (QED) is 0.838. The Morgan fingerprint density at radius 1 is 1.43 bits per heavy atom. The van der Waals surface area contributed by atoms with E-state index >= 15 is 0 Å². The zero-order chi connectivity index (χ0) is 15.2. The summed E-state index contributed by atoms with van der Waals surface area (Å²) in [6.45, 7) is 4.80. The Labute approximate surface area is 127 Å². The molecule has 2 rings (SSSR count). The summed E-state index contributed by atoms with van der Waals surface area (Å²) in [5.41, 5.74) is 6.88. The standard InChI is InChI=1S/C18H24N2O/c1-3-15-9-10-17(13(15)2)20-18(21)16-8-4-6-14(12-16)7-5-11-19/h4,6,8,12-13,15,17H,3,9-11,19H2,1-2H3,(H,20,21). The van der Waals surface area contributed by atoms with E-state index in [4.69, 9.17) is 5.73 Å². The molecule has 1 aliphatic rings. The Kier molecular flexibility index (Phi) is 5.41. The van der Waals surface area contributed by atoms with E-state index in [2.05, 4.69) is 31.0 Å². The van der Waals surface area contributed by atoms with Crippen LogP contribution in [-0.4, -0.2) is 18.5 Å². The summed E-state index contributed by atoms with van der Waals surface area (Å²) in [5.74, 6) is 7.06. The maximum absolute atomic E-state index is 12.4. The van der Waals surface area contributed by atoms with Gasteiger partial charge in [0.25, 0.3) is 5.91 Å². The topological polar surface area (TPSA) is 55.1 Å². The first-order valence-corrected chi connectivity index (χ1v) is 7.75. The molecule has 0 aromatic heterocycles. The number of carbonyl (C=O) groups is 1. The van der Waals surface area contributed by atoms with Crippen molar-refractivity contribution in [3.8, 4) is 11.8 Å². The van der Waals surface area contributed by atoms with E-state index in [1.165, 1.54) is 12.8 Å². The Hall–Kier alpha value is -1.79. The first kappa shape index (κ1) is 15.6. The maximum atomic E-state index is 12.4. The van der Waals surface area contributed by atoms with Gasteiger partial charge in [-0.3, -0.25) is 4.79 Å². The lowest BCUT2D eigenvalue weighted by atomic mass is 9.93. The smallest absolute Gasteiger partial charge is 0.251 e. The maximum Gasteiger partial charge on any atom is 0.251 e. The fourth-order valence-electron chi connectivity index (χ4n) is 3.17. The van der Waals surface area contributed by atoms with Crippen LogP contribution in [0.1, 0.15) is 49.0 Å². The zero-order valence-electron chi connectivity index (χ0n) is 12.9. The van der Waals surface area contributed by atoms with E-state index in [9.17, 15) is 4.79 Å². The van der Waals surface area contributed by atoms with Crippen molar-refractivity contribution in [1.29, 1.82) is 0 Å². The summed E-state index contributed by atoms with van der Waals surface area (Å²) >= 11 is 0. The largest absolute Gasteiger partial charge is 0.349 e. The summed E-state index contributed by atoms with van der Waals surface area (Å²) in [7, 11) is 0. The van der Waals surface area contributed by atoms with Gasteiger partial charge in [-0.2, -0.15) is 0 Å². The van der Waals surface area contributed by atoms with E-state index in [0.717, 1.165) is 17.9 Å². The third-order valence-electron chi connectivity index (χ3n) is 4.53. The van der Waals surface area contributed by atoms with Gasteiger partial charge in [-0.25, -0.2) is 0 Å². The molecule has 1 amide bonds. The van der Waals surface area contributed by atoms with E-state index in [1.807, 2.05) is 24.3 Å². The van der Waals surface area contributed by atoms with Crippen molar-refractivity contribution in [2.45, 2.75) is 39.2 Å². The molecule has 1 saturated carbocycles. The van der Waals surface area contributed by atoms with Crippen molar-refractivity contribution in [2.24, 2.45) is 17.6 Å². The number of rotatable bonds is 3. The molecule has 0 aliphatic heterocycles. The molecule has 3 heteroatoms. The first-order valence-electron chi connectivity index (χ1n) is 7.75. The SMILES string of the molecule is CCC1CCC(NC(=O)c2cccc(C#CCN)c2)C1C. The summed E-state index contributed by atoms with van der Waals surface area (Å²) in [6.07, 6.45) is 3.49. The van der Waals surface area contributed by atoms with E-state index in [-0.39, 0.29) is 5.91 Å². The average molecular weight is 284 g/mol. The van der Waals surface area contributed by atoms with Crippen molar-refractivity contribution in [3.63, 3.8) is 0 Å². The Morgan fingerprint density at radius 3 is 2.90 bits per heavy atom. The molecule has 3 unspecified atom stereocenters. The molecule has 1 aromatic rings. The molecule has 0 spiro atoms. The highest BCUT2D eigenvalue weighted by Crippen LogP contribution is 2.33. The average Bonchev–Trinajstić information content (AvgIpc) is 2.86. The van der Waals surface area contributed by atoms with E-state index in [1.54, 1.807) is 0 Å². The minimum absolute atomic E-state index is 0.00000142. The van der Waals surface area contributed by atoms with Gasteiger partial charge in [-0.1, -0.05) is 38.2 Å². The number of hydrogen-bond donors (Lipinski definition) is 2. The molecule has 1 fully saturated rings. The van der Waals surface area contributed by atoms with Crippen LogP contribution in [0.3, 0.4) is 0 Å². The van der Waals surface area contributed by atoms with Crippen LogP contribution in [0.5, 0.6) is 0 Å². The molecule has 0 saturated heterocycles. The van der Waals surface area contributed by atoms with Gasteiger partial charge in [0.05, 0.1) is 6.54 Å². The molecule has 0 heterocycles. The minimum atomic E-state index is 0.00000142. The van der Waals surface area contributed by atoms with Gasteiger partial charge in [0.1, 0.15) is 0 Å². The van der Waals surface area contributed by atoms with Gasteiger partial charge in [-0.05, 0) is 42.9 Å². The van der Waals surface area contributed by atoms with Crippen molar-refractivity contribution < 1.29 is 4.79 Å². The van der Waals surface area contributed by atoms with Gasteiger partial charge in [-0.15, -0.1) is 0 Å². The van der Waals surface area contributed by atoms with Gasteiger partial charge >= 0.3 is 0 Å². The molecule has 0 bridgehead atoms. The molecular formula is C18H24N2O. The predicted molar refractivity (Wildman–Crippen MR) is 85.8 cm³/mol. The highest BCUT2D eigenvalue weighted by Gasteiger charge is 2.32. The van der Waals surface area contributed by atoms with Crippen molar-refractivity contribution in [1.82, 2.24) is 5.32 Å². The number of hydrogen-bond acceptors (Lipinski definition) is 2. The highest BCUT2D eigenvalue weighted by molar-refractivity contribution is 5.94. The van der Waals surface area contributed by atoms with Crippen molar-refractivity contribution in [3.05, 3.63) is 35.4 Å². The number of amides is 1. The van der Waals surface area contributed by atoms with Crippen LogP contribution in [0.2, 0.25) is 0 Å². The zero-order valence-corrected chi connectivity index (χ0v) is 12.9. The van der Waals surface area contributed by atoms with E-state index < -0.39 is 0 Å². The van der Waals surface area contributed by atoms with Crippen LogP contribution in [-0.2, 0) is 0 Å². The van der Waals surface area contributed by atoms with Crippen LogP contribution in [0.25, 0.3) is 0 Å². The third-order valence-corrected chi connectivity index (χ3v) is 4.53. The lowest BCUT2D eigenvalue weighted by molar-refractivity contribution is 0.0926. The molecule has 112 valence electrons. The van der Waals surface area contributed by atoms with Crippen LogP contribution < -0.4 is 11.1 Å². The summed E-state index contributed by atoms with van der Waals surface area (Å²) in [4.78, 5) is 12.4. The number of nitrogens with one attached hydrogen (secondary N) is 1. The molecule has 3 N–H and O–H groups in total. The Balaban J connectivity index is 2.04. The monoisotopic (exact) mass is 284 g/mol. The lowest BCUT2D eigenvalue weighted by Crippen LogP contribution is -2.37. The lowest BCUT2D eigenvalue weighted by Gasteiger charge is -2.21. The van der Waals surface area contributed by atoms with Gasteiger partial charge in [0.2, 0.25) is 0 Å². The molecular weight excluding hydrogens is 260 g/mol. The molecule has 1 aliphatic carbocycles. The van der Waals surface area contributed by atoms with Crippen LogP contribution in [0.15, 0.2) is 24.3 Å². The summed E-state index contributed by atoms with van der Waals surface area (Å²) in [6, 6.07) is 7.71. The first-order chi connectivity index (χ1) is 10.2. The molecule has 1 aromatic carbocycles. The van der Waals surface area contributed by atoms with Gasteiger partial charge in [0, 0.05) is 17.2 Å². The molecule has 3 nitrogen and oxygen atoms in total. The normalized spacial score (nSPS) is 24.2. The Bertz CT molecular complexity index is 556. The summed E-state index contributed by atoms with van der Waals surface area (Å²) in [5, 5.41) is 3.18. The van der Waals surface area contributed by atoms with Crippen molar-refractivity contribution >= 4 is 5.91 Å². The number of benzene rings is 1. The molecule has 3 atom stereocenters. The number of carbonyl (C=O) groups excluding carboxylic acids is 1. The minimum Gasteiger partial charge on any atom is -0.349 e. The highest BCUT2D eigenvalue weighted by atomic mass is 16.1.